The van der Waals surface area contributed by atoms with E-state index in [0.717, 1.165) is 31.2 Å². The number of ether oxygens (including phenoxy) is 2. The number of rotatable bonds is 7. The van der Waals surface area contributed by atoms with Crippen LogP contribution in [0.3, 0.4) is 0 Å². The predicted molar refractivity (Wildman–Crippen MR) is 112 cm³/mol. The number of halogens is 1. The van der Waals surface area contributed by atoms with Crippen LogP contribution in [0.1, 0.15) is 32.3 Å². The maximum atomic E-state index is 5.69. The third-order valence-electron chi connectivity index (χ3n) is 4.07. The zero-order valence-corrected chi connectivity index (χ0v) is 17.9. The molecule has 2 heterocycles. The Hall–Kier alpha value is -1.09. The van der Waals surface area contributed by atoms with E-state index in [0.29, 0.717) is 31.6 Å². The van der Waals surface area contributed by atoms with Crippen molar-refractivity contribution in [2.45, 2.75) is 33.2 Å². The number of hydrogen-bond donors (Lipinski definition) is 1. The second-order valence-electron chi connectivity index (χ2n) is 6.17. The molecule has 7 heteroatoms. The average molecular weight is 462 g/mol. The number of methoxy groups -OCH3 is 1. The van der Waals surface area contributed by atoms with Crippen molar-refractivity contribution in [3.8, 4) is 5.88 Å². The molecule has 1 saturated heterocycles. The molecule has 25 heavy (non-hydrogen) atoms. The highest BCUT2D eigenvalue weighted by Gasteiger charge is 2.19. The van der Waals surface area contributed by atoms with Crippen molar-refractivity contribution in [2.24, 2.45) is 10.9 Å². The summed E-state index contributed by atoms with van der Waals surface area (Å²) in [5.41, 5.74) is 0.995. The largest absolute Gasteiger partial charge is 0.475 e. The van der Waals surface area contributed by atoms with Crippen LogP contribution in [0.15, 0.2) is 23.3 Å². The molecule has 1 atom stereocenters. The van der Waals surface area contributed by atoms with Crippen molar-refractivity contribution < 1.29 is 9.47 Å². The van der Waals surface area contributed by atoms with Crippen LogP contribution in [-0.4, -0.2) is 55.8 Å². The van der Waals surface area contributed by atoms with Crippen molar-refractivity contribution in [2.75, 3.05) is 40.0 Å². The molecule has 0 aliphatic carbocycles. The van der Waals surface area contributed by atoms with Crippen molar-refractivity contribution in [1.29, 1.82) is 0 Å². The Balaban J connectivity index is 0.00000312. The van der Waals surface area contributed by atoms with Gasteiger partial charge in [-0.3, -0.25) is 0 Å². The molecule has 0 spiro atoms. The summed E-state index contributed by atoms with van der Waals surface area (Å²) < 4.78 is 10.7. The molecular formula is C18H31IN4O2. The highest BCUT2D eigenvalue weighted by Crippen LogP contribution is 2.18. The zero-order chi connectivity index (χ0) is 17.2. The number of nitrogens with zero attached hydrogens (tertiary/aromatic N) is 3. The van der Waals surface area contributed by atoms with Crippen LogP contribution in [0.4, 0.5) is 0 Å². The lowest BCUT2D eigenvalue weighted by Gasteiger charge is -2.33. The van der Waals surface area contributed by atoms with Gasteiger partial charge in [0.25, 0.3) is 0 Å². The van der Waals surface area contributed by atoms with Crippen molar-refractivity contribution in [1.82, 2.24) is 15.2 Å². The van der Waals surface area contributed by atoms with E-state index in [1.807, 2.05) is 12.1 Å². The minimum Gasteiger partial charge on any atom is -0.475 e. The molecule has 142 valence electrons. The van der Waals surface area contributed by atoms with Gasteiger partial charge in [-0.25, -0.2) is 9.98 Å². The average Bonchev–Trinajstić information content (AvgIpc) is 2.60. The summed E-state index contributed by atoms with van der Waals surface area (Å²) in [5.74, 6) is 2.34. The van der Waals surface area contributed by atoms with Crippen molar-refractivity contribution in [3.63, 3.8) is 0 Å². The maximum absolute atomic E-state index is 5.69. The molecule has 1 unspecified atom stereocenters. The first-order valence-corrected chi connectivity index (χ1v) is 8.83. The first-order valence-electron chi connectivity index (χ1n) is 8.83. The standard InChI is InChI=1S/C18H30N4O2.HI/c1-4-19-18(22-10-6-7-15(2)14-22)21-13-16-8-5-9-20-17(16)24-12-11-23-3;/h5,8-9,15H,4,6-7,10-14H2,1-3H3,(H,19,21);1H. The molecule has 1 aromatic rings. The number of nitrogens with one attached hydrogen (secondary N) is 1. The molecular weight excluding hydrogens is 431 g/mol. The Bertz CT molecular complexity index is 528. The second kappa shape index (κ2) is 12.3. The molecule has 1 aliphatic rings. The number of pyridine rings is 1. The van der Waals surface area contributed by atoms with Gasteiger partial charge in [0.05, 0.1) is 13.2 Å². The van der Waals surface area contributed by atoms with Gasteiger partial charge in [0.1, 0.15) is 6.61 Å². The summed E-state index contributed by atoms with van der Waals surface area (Å²) >= 11 is 0. The van der Waals surface area contributed by atoms with Gasteiger partial charge in [0.2, 0.25) is 5.88 Å². The number of hydrogen-bond acceptors (Lipinski definition) is 4. The van der Waals surface area contributed by atoms with Gasteiger partial charge in [0.15, 0.2) is 5.96 Å². The predicted octanol–water partition coefficient (Wildman–Crippen LogP) is 2.92. The molecule has 0 bridgehead atoms. The first-order chi connectivity index (χ1) is 11.7. The van der Waals surface area contributed by atoms with E-state index in [1.54, 1.807) is 13.3 Å². The number of aliphatic imine (C=N–C) groups is 1. The lowest BCUT2D eigenvalue weighted by atomic mass is 10.0. The molecule has 1 aromatic heterocycles. The van der Waals surface area contributed by atoms with E-state index < -0.39 is 0 Å². The summed E-state index contributed by atoms with van der Waals surface area (Å²) in [6, 6.07) is 3.94. The van der Waals surface area contributed by atoms with Crippen LogP contribution >= 0.6 is 24.0 Å². The SMILES string of the molecule is CCNC(=NCc1cccnc1OCCOC)N1CCCC(C)C1.I. The minimum absolute atomic E-state index is 0. The molecule has 1 fully saturated rings. The quantitative estimate of drug-likeness (QED) is 0.292. The summed E-state index contributed by atoms with van der Waals surface area (Å²) in [6.45, 7) is 9.01. The Labute approximate surface area is 168 Å². The van der Waals surface area contributed by atoms with E-state index in [1.165, 1.54) is 12.8 Å². The smallest absolute Gasteiger partial charge is 0.218 e. The van der Waals surface area contributed by atoms with Crippen LogP contribution in [0.5, 0.6) is 5.88 Å². The molecule has 0 saturated carbocycles. The summed E-state index contributed by atoms with van der Waals surface area (Å²) in [7, 11) is 1.66. The van der Waals surface area contributed by atoms with Crippen LogP contribution in [0.2, 0.25) is 0 Å². The molecule has 1 aliphatic heterocycles. The summed E-state index contributed by atoms with van der Waals surface area (Å²) in [5, 5.41) is 3.41. The number of guanidine groups is 1. The topological polar surface area (TPSA) is 59.0 Å². The fourth-order valence-electron chi connectivity index (χ4n) is 2.86. The number of aromatic nitrogens is 1. The molecule has 0 amide bonds. The first kappa shape index (κ1) is 22.0. The Kier molecular flexibility index (Phi) is 10.8. The van der Waals surface area contributed by atoms with Crippen molar-refractivity contribution >= 4 is 29.9 Å². The van der Waals surface area contributed by atoms with E-state index in [9.17, 15) is 0 Å². The van der Waals surface area contributed by atoms with Crippen molar-refractivity contribution in [3.05, 3.63) is 23.9 Å². The molecule has 1 N–H and O–H groups in total. The third kappa shape index (κ3) is 7.35. The van der Waals surface area contributed by atoms with Crippen LogP contribution in [-0.2, 0) is 11.3 Å². The van der Waals surface area contributed by atoms with E-state index in [4.69, 9.17) is 14.5 Å². The molecule has 0 radical (unpaired) electrons. The van der Waals surface area contributed by atoms with Gasteiger partial charge in [-0.05, 0) is 31.7 Å². The minimum atomic E-state index is 0. The monoisotopic (exact) mass is 462 g/mol. The van der Waals surface area contributed by atoms with Crippen LogP contribution in [0.25, 0.3) is 0 Å². The molecule has 2 rings (SSSR count). The third-order valence-corrected chi connectivity index (χ3v) is 4.07. The fraction of sp³-hybridized carbons (Fsp3) is 0.667. The maximum Gasteiger partial charge on any atom is 0.218 e. The lowest BCUT2D eigenvalue weighted by molar-refractivity contribution is 0.143. The van der Waals surface area contributed by atoms with E-state index >= 15 is 0 Å². The zero-order valence-electron chi connectivity index (χ0n) is 15.5. The Morgan fingerprint density at radius 3 is 3.00 bits per heavy atom. The van der Waals surface area contributed by atoms with Gasteiger partial charge >= 0.3 is 0 Å². The lowest BCUT2D eigenvalue weighted by Crippen LogP contribution is -2.46. The molecule has 0 aromatic carbocycles. The Morgan fingerprint density at radius 2 is 2.28 bits per heavy atom. The van der Waals surface area contributed by atoms with Gasteiger partial charge in [0, 0.05) is 38.5 Å². The van der Waals surface area contributed by atoms with Gasteiger partial charge in [-0.2, -0.15) is 0 Å². The summed E-state index contributed by atoms with van der Waals surface area (Å²) in [4.78, 5) is 11.5. The highest BCUT2D eigenvalue weighted by molar-refractivity contribution is 14.0. The van der Waals surface area contributed by atoms with Gasteiger partial charge in [-0.15, -0.1) is 24.0 Å². The van der Waals surface area contributed by atoms with Crippen LogP contribution in [0, 0.1) is 5.92 Å². The second-order valence-corrected chi connectivity index (χ2v) is 6.17. The van der Waals surface area contributed by atoms with E-state index in [-0.39, 0.29) is 24.0 Å². The fourth-order valence-corrected chi connectivity index (χ4v) is 2.86. The highest BCUT2D eigenvalue weighted by atomic mass is 127. The van der Waals surface area contributed by atoms with E-state index in [2.05, 4.69) is 29.0 Å². The van der Waals surface area contributed by atoms with Crippen LogP contribution < -0.4 is 10.1 Å². The van der Waals surface area contributed by atoms with Gasteiger partial charge in [-0.1, -0.05) is 13.0 Å². The number of piperidine rings is 1. The van der Waals surface area contributed by atoms with Gasteiger partial charge < -0.3 is 19.7 Å². The normalized spacial score (nSPS) is 17.8. The Morgan fingerprint density at radius 1 is 1.44 bits per heavy atom. The molecule has 6 nitrogen and oxygen atoms in total. The summed E-state index contributed by atoms with van der Waals surface area (Å²) in [6.07, 6.45) is 4.27. The number of likely N-dealkylation sites (tertiary alicyclic amines) is 1.